The number of sulfonamides is 2. The van der Waals surface area contributed by atoms with Gasteiger partial charge in [-0.1, -0.05) is 17.7 Å². The molecule has 1 aromatic carbocycles. The first kappa shape index (κ1) is 29.0. The van der Waals surface area contributed by atoms with E-state index in [4.69, 9.17) is 0 Å². The van der Waals surface area contributed by atoms with Crippen LogP contribution in [0.2, 0.25) is 0 Å². The molecule has 0 aromatic heterocycles. The first-order valence-corrected chi connectivity index (χ1v) is 17.4. The van der Waals surface area contributed by atoms with E-state index in [2.05, 4.69) is 4.90 Å². The van der Waals surface area contributed by atoms with Crippen LogP contribution in [-0.2, 0) is 20.0 Å². The van der Waals surface area contributed by atoms with Gasteiger partial charge < -0.3 is 4.90 Å². The van der Waals surface area contributed by atoms with Gasteiger partial charge in [-0.25, -0.2) is 21.1 Å². The van der Waals surface area contributed by atoms with Crippen molar-refractivity contribution in [3.8, 4) is 0 Å². The Morgan fingerprint density at radius 1 is 0.730 bits per heavy atom. The van der Waals surface area contributed by atoms with E-state index >= 15 is 0 Å². The second-order valence-corrected chi connectivity index (χ2v) is 15.7. The highest BCUT2D eigenvalue weighted by Gasteiger charge is 2.32. The van der Waals surface area contributed by atoms with Crippen molar-refractivity contribution in [3.05, 3.63) is 28.8 Å². The van der Waals surface area contributed by atoms with Gasteiger partial charge >= 0.3 is 0 Å². The van der Waals surface area contributed by atoms with Crippen molar-refractivity contribution < 1.29 is 16.8 Å². The molecule has 0 N–H and O–H groups in total. The van der Waals surface area contributed by atoms with Gasteiger partial charge in [0.05, 0.1) is 10.6 Å². The Balaban J connectivity index is 1.18. The lowest BCUT2D eigenvalue weighted by molar-refractivity contribution is 0.231. The third-order valence-electron chi connectivity index (χ3n) is 8.81. The minimum atomic E-state index is -3.51. The molecular weight excluding hydrogens is 506 g/mol. The summed E-state index contributed by atoms with van der Waals surface area (Å²) in [5.74, 6) is 1.25. The Kier molecular flexibility index (Phi) is 9.76. The summed E-state index contributed by atoms with van der Waals surface area (Å²) in [6, 6.07) is 3.87. The predicted molar refractivity (Wildman–Crippen MR) is 150 cm³/mol. The minimum absolute atomic E-state index is 0.214. The number of aryl methyl sites for hydroxylation is 3. The zero-order valence-corrected chi connectivity index (χ0v) is 24.8. The molecular formula is C28H47N3O4S2. The predicted octanol–water partition coefficient (Wildman–Crippen LogP) is 4.32. The van der Waals surface area contributed by atoms with Gasteiger partial charge in [0.25, 0.3) is 0 Å². The van der Waals surface area contributed by atoms with Crippen LogP contribution < -0.4 is 0 Å². The van der Waals surface area contributed by atoms with Crippen molar-refractivity contribution in [1.82, 2.24) is 13.5 Å². The summed E-state index contributed by atoms with van der Waals surface area (Å²) in [7, 11) is -6.71. The molecule has 9 heteroatoms. The highest BCUT2D eigenvalue weighted by molar-refractivity contribution is 7.89. The van der Waals surface area contributed by atoms with E-state index in [-0.39, 0.29) is 5.75 Å². The molecule has 3 saturated heterocycles. The van der Waals surface area contributed by atoms with Gasteiger partial charge in [0.1, 0.15) is 0 Å². The average Bonchev–Trinajstić information content (AvgIpc) is 3.36. The minimum Gasteiger partial charge on any atom is -0.303 e. The second-order valence-electron chi connectivity index (χ2n) is 11.7. The second kappa shape index (κ2) is 12.5. The molecule has 7 nitrogen and oxygen atoms in total. The smallest absolute Gasteiger partial charge is 0.243 e. The van der Waals surface area contributed by atoms with Crippen LogP contribution >= 0.6 is 0 Å². The Bertz CT molecular complexity index is 1090. The quantitative estimate of drug-likeness (QED) is 0.431. The van der Waals surface area contributed by atoms with Crippen molar-refractivity contribution in [2.45, 2.75) is 83.5 Å². The van der Waals surface area contributed by atoms with E-state index in [1.807, 2.05) is 32.9 Å². The molecule has 0 radical (unpaired) electrons. The number of hydrogen-bond donors (Lipinski definition) is 0. The Hall–Kier alpha value is -1.00. The molecule has 0 bridgehead atoms. The standard InChI is InChI=1S/C28H47N3O4S2/c1-23-21-24(2)28(25(3)22-23)37(34,35)31-18-11-26(12-19-31)7-6-20-36(32,33)30-16-9-27(10-17-30)8-15-29-13-4-5-14-29/h21-22,26-27H,4-20H2,1-3H3. The maximum Gasteiger partial charge on any atom is 0.243 e. The van der Waals surface area contributed by atoms with E-state index in [9.17, 15) is 16.8 Å². The summed E-state index contributed by atoms with van der Waals surface area (Å²) < 4.78 is 55.9. The van der Waals surface area contributed by atoms with Crippen LogP contribution in [0.15, 0.2) is 17.0 Å². The molecule has 1 aromatic rings. The number of nitrogens with zero attached hydrogens (tertiary/aromatic N) is 3. The Morgan fingerprint density at radius 2 is 1.24 bits per heavy atom. The van der Waals surface area contributed by atoms with Gasteiger partial charge in [-0.2, -0.15) is 4.31 Å². The lowest BCUT2D eigenvalue weighted by atomic mass is 9.94. The fourth-order valence-electron chi connectivity index (χ4n) is 6.67. The van der Waals surface area contributed by atoms with E-state index in [1.54, 1.807) is 8.61 Å². The van der Waals surface area contributed by atoms with Crippen LogP contribution in [0.25, 0.3) is 0 Å². The fraction of sp³-hybridized carbons (Fsp3) is 0.786. The van der Waals surface area contributed by atoms with Crippen molar-refractivity contribution in [1.29, 1.82) is 0 Å². The van der Waals surface area contributed by atoms with Gasteiger partial charge in [0, 0.05) is 26.2 Å². The van der Waals surface area contributed by atoms with E-state index in [1.165, 1.54) is 38.9 Å². The topological polar surface area (TPSA) is 78.0 Å². The van der Waals surface area contributed by atoms with Crippen LogP contribution in [0.3, 0.4) is 0 Å². The molecule has 210 valence electrons. The lowest BCUT2D eigenvalue weighted by Crippen LogP contribution is -2.40. The molecule has 0 saturated carbocycles. The number of piperidine rings is 2. The van der Waals surface area contributed by atoms with Crippen LogP contribution in [0, 0.1) is 32.6 Å². The summed E-state index contributed by atoms with van der Waals surface area (Å²) >= 11 is 0. The summed E-state index contributed by atoms with van der Waals surface area (Å²) in [5, 5.41) is 0. The highest BCUT2D eigenvalue weighted by atomic mass is 32.2. The van der Waals surface area contributed by atoms with Crippen LogP contribution in [-0.4, -0.2) is 81.9 Å². The largest absolute Gasteiger partial charge is 0.303 e. The molecule has 0 unspecified atom stereocenters. The third kappa shape index (κ3) is 7.35. The summed E-state index contributed by atoms with van der Waals surface area (Å²) in [5.41, 5.74) is 2.69. The van der Waals surface area contributed by atoms with Crippen LogP contribution in [0.4, 0.5) is 0 Å². The maximum atomic E-state index is 13.3. The SMILES string of the molecule is Cc1cc(C)c(S(=O)(=O)N2CCC(CCCS(=O)(=O)N3CCC(CCN4CCCC4)CC3)CC2)c(C)c1. The lowest BCUT2D eigenvalue weighted by Gasteiger charge is -2.33. The summed E-state index contributed by atoms with van der Waals surface area (Å²) in [6.07, 6.45) is 8.92. The molecule has 3 aliphatic rings. The van der Waals surface area contributed by atoms with Gasteiger partial charge in [-0.15, -0.1) is 0 Å². The molecule has 0 amide bonds. The molecule has 0 aliphatic carbocycles. The molecule has 0 spiro atoms. The molecule has 3 heterocycles. The first-order chi connectivity index (χ1) is 17.6. The van der Waals surface area contributed by atoms with Crippen molar-refractivity contribution in [3.63, 3.8) is 0 Å². The number of hydrogen-bond acceptors (Lipinski definition) is 5. The third-order valence-corrected chi connectivity index (χ3v) is 13.0. The fourth-order valence-corrected chi connectivity index (χ4v) is 10.1. The van der Waals surface area contributed by atoms with Crippen molar-refractivity contribution in [2.24, 2.45) is 11.8 Å². The van der Waals surface area contributed by atoms with Crippen molar-refractivity contribution in [2.75, 3.05) is 51.6 Å². The Labute approximate surface area is 225 Å². The normalized spacial score (nSPS) is 22.1. The molecule has 3 fully saturated rings. The van der Waals surface area contributed by atoms with E-state index in [0.717, 1.165) is 48.8 Å². The number of rotatable bonds is 10. The van der Waals surface area contributed by atoms with Gasteiger partial charge in [0.15, 0.2) is 0 Å². The van der Waals surface area contributed by atoms with Gasteiger partial charge in [0.2, 0.25) is 20.0 Å². The molecule has 0 atom stereocenters. The number of benzene rings is 1. The zero-order chi connectivity index (χ0) is 26.6. The highest BCUT2D eigenvalue weighted by Crippen LogP contribution is 2.30. The van der Waals surface area contributed by atoms with E-state index < -0.39 is 20.0 Å². The summed E-state index contributed by atoms with van der Waals surface area (Å²) in [4.78, 5) is 3.00. The van der Waals surface area contributed by atoms with Crippen molar-refractivity contribution >= 4 is 20.0 Å². The summed E-state index contributed by atoms with van der Waals surface area (Å²) in [6.45, 7) is 11.7. The van der Waals surface area contributed by atoms with Crippen LogP contribution in [0.5, 0.6) is 0 Å². The van der Waals surface area contributed by atoms with Crippen LogP contribution in [0.1, 0.15) is 74.5 Å². The molecule has 4 rings (SSSR count). The maximum absolute atomic E-state index is 13.3. The first-order valence-electron chi connectivity index (χ1n) is 14.3. The molecule has 3 aliphatic heterocycles. The zero-order valence-electron chi connectivity index (χ0n) is 23.1. The Morgan fingerprint density at radius 3 is 1.81 bits per heavy atom. The monoisotopic (exact) mass is 553 g/mol. The van der Waals surface area contributed by atoms with Gasteiger partial charge in [-0.3, -0.25) is 0 Å². The van der Waals surface area contributed by atoms with E-state index in [0.29, 0.717) is 49.3 Å². The average molecular weight is 554 g/mol. The number of likely N-dealkylation sites (tertiary alicyclic amines) is 1. The van der Waals surface area contributed by atoms with Gasteiger partial charge in [-0.05, 0) is 121 Å². The molecule has 37 heavy (non-hydrogen) atoms.